The van der Waals surface area contributed by atoms with Crippen LogP contribution in [0.2, 0.25) is 5.02 Å². The lowest BCUT2D eigenvalue weighted by atomic mass is 9.84. The number of amides is 2. The summed E-state index contributed by atoms with van der Waals surface area (Å²) in [5.41, 5.74) is 0.668. The number of rotatable bonds is 4. The Balaban J connectivity index is 1.94. The molecule has 1 unspecified atom stereocenters. The fourth-order valence-electron chi connectivity index (χ4n) is 2.66. The van der Waals surface area contributed by atoms with E-state index in [0.717, 1.165) is 5.56 Å². The molecule has 1 fully saturated rings. The predicted molar refractivity (Wildman–Crippen MR) is 85.2 cm³/mol. The molecule has 0 radical (unpaired) electrons. The zero-order chi connectivity index (χ0) is 16.3. The second-order valence-electron chi connectivity index (χ2n) is 6.29. The molecule has 0 spiro atoms. The van der Waals surface area contributed by atoms with Gasteiger partial charge in [0.2, 0.25) is 0 Å². The third-order valence-corrected chi connectivity index (χ3v) is 4.44. The van der Waals surface area contributed by atoms with E-state index in [1.807, 2.05) is 38.1 Å². The van der Waals surface area contributed by atoms with Gasteiger partial charge in [-0.2, -0.15) is 0 Å². The van der Waals surface area contributed by atoms with Crippen LogP contribution in [0.5, 0.6) is 0 Å². The van der Waals surface area contributed by atoms with E-state index in [1.165, 1.54) is 0 Å². The van der Waals surface area contributed by atoms with Crippen molar-refractivity contribution in [1.82, 2.24) is 10.2 Å². The largest absolute Gasteiger partial charge is 0.481 e. The van der Waals surface area contributed by atoms with Gasteiger partial charge in [-0.05, 0) is 18.1 Å². The molecular weight excluding hydrogens is 304 g/mol. The Labute approximate surface area is 135 Å². The third-order valence-electron chi connectivity index (χ3n) is 4.11. The second kappa shape index (κ2) is 6.57. The van der Waals surface area contributed by atoms with Crippen LogP contribution in [-0.2, 0) is 10.2 Å². The highest BCUT2D eigenvalue weighted by Crippen LogP contribution is 2.29. The maximum atomic E-state index is 12.2. The first-order chi connectivity index (χ1) is 10.3. The number of nitrogens with zero attached hydrogens (tertiary/aromatic N) is 1. The minimum Gasteiger partial charge on any atom is -0.481 e. The van der Waals surface area contributed by atoms with E-state index in [-0.39, 0.29) is 18.0 Å². The lowest BCUT2D eigenvalue weighted by Crippen LogP contribution is -2.44. The fourth-order valence-corrected chi connectivity index (χ4v) is 3.05. The van der Waals surface area contributed by atoms with E-state index in [2.05, 4.69) is 5.32 Å². The van der Waals surface area contributed by atoms with E-state index in [4.69, 9.17) is 16.7 Å². The minimum atomic E-state index is -0.841. The summed E-state index contributed by atoms with van der Waals surface area (Å²) >= 11 is 6.22. The number of aliphatic carboxylic acids is 1. The Hall–Kier alpha value is -1.75. The van der Waals surface area contributed by atoms with Crippen LogP contribution in [0.15, 0.2) is 24.3 Å². The topological polar surface area (TPSA) is 69.6 Å². The van der Waals surface area contributed by atoms with Crippen LogP contribution in [0.25, 0.3) is 0 Å². The number of benzene rings is 1. The van der Waals surface area contributed by atoms with Crippen molar-refractivity contribution in [2.75, 3.05) is 19.6 Å². The Morgan fingerprint density at radius 3 is 2.68 bits per heavy atom. The summed E-state index contributed by atoms with van der Waals surface area (Å²) in [5.74, 6) is -1.30. The van der Waals surface area contributed by atoms with Crippen molar-refractivity contribution in [3.05, 3.63) is 34.9 Å². The molecule has 1 aromatic rings. The van der Waals surface area contributed by atoms with Gasteiger partial charge < -0.3 is 15.3 Å². The maximum absolute atomic E-state index is 12.2. The van der Waals surface area contributed by atoms with Crippen LogP contribution < -0.4 is 5.32 Å². The summed E-state index contributed by atoms with van der Waals surface area (Å²) in [6, 6.07) is 7.35. The van der Waals surface area contributed by atoms with E-state index in [9.17, 15) is 9.59 Å². The molecule has 6 heteroatoms. The van der Waals surface area contributed by atoms with Crippen LogP contribution in [0, 0.1) is 5.92 Å². The second-order valence-corrected chi connectivity index (χ2v) is 6.70. The van der Waals surface area contributed by atoms with Gasteiger partial charge in [0.25, 0.3) is 0 Å². The van der Waals surface area contributed by atoms with Gasteiger partial charge >= 0.3 is 12.0 Å². The van der Waals surface area contributed by atoms with Gasteiger partial charge in [0.15, 0.2) is 0 Å². The highest BCUT2D eigenvalue weighted by Gasteiger charge is 2.32. The number of carboxylic acids is 1. The molecule has 1 aliphatic heterocycles. The zero-order valence-electron chi connectivity index (χ0n) is 12.8. The Kier molecular flexibility index (Phi) is 4.96. The van der Waals surface area contributed by atoms with Crippen molar-refractivity contribution in [2.24, 2.45) is 5.92 Å². The molecule has 1 heterocycles. The summed E-state index contributed by atoms with van der Waals surface area (Å²) in [7, 11) is 0. The number of halogens is 1. The standard InChI is InChI=1S/C16H21ClN2O3/c1-16(2,12-5-3-4-6-13(12)17)10-18-15(22)19-8-7-11(9-19)14(20)21/h3-6,11H,7-10H2,1-2H3,(H,18,22)(H,20,21). The maximum Gasteiger partial charge on any atom is 0.317 e. The number of nitrogens with one attached hydrogen (secondary N) is 1. The molecule has 5 nitrogen and oxygen atoms in total. The number of hydrogen-bond acceptors (Lipinski definition) is 2. The molecule has 120 valence electrons. The van der Waals surface area contributed by atoms with Gasteiger partial charge in [0, 0.05) is 30.1 Å². The van der Waals surface area contributed by atoms with Gasteiger partial charge in [-0.25, -0.2) is 4.79 Å². The summed E-state index contributed by atoms with van der Waals surface area (Å²) < 4.78 is 0. The first-order valence-corrected chi connectivity index (χ1v) is 7.69. The van der Waals surface area contributed by atoms with Crippen LogP contribution in [0.3, 0.4) is 0 Å². The van der Waals surface area contributed by atoms with E-state index >= 15 is 0 Å². The molecule has 1 atom stereocenters. The van der Waals surface area contributed by atoms with Crippen molar-refractivity contribution in [2.45, 2.75) is 25.7 Å². The lowest BCUT2D eigenvalue weighted by molar-refractivity contribution is -0.141. The molecule has 0 saturated carbocycles. The summed E-state index contributed by atoms with van der Waals surface area (Å²) in [6.45, 7) is 5.21. The number of carboxylic acid groups (broad SMARTS) is 1. The van der Waals surface area contributed by atoms with Crippen LogP contribution >= 0.6 is 11.6 Å². The Bertz CT molecular complexity index is 574. The molecule has 0 aliphatic carbocycles. The van der Waals surface area contributed by atoms with Gasteiger partial charge in [-0.3, -0.25) is 4.79 Å². The van der Waals surface area contributed by atoms with Crippen molar-refractivity contribution in [1.29, 1.82) is 0 Å². The van der Waals surface area contributed by atoms with Crippen LogP contribution in [0.4, 0.5) is 4.79 Å². The predicted octanol–water partition coefficient (Wildman–Crippen LogP) is 2.73. The van der Waals surface area contributed by atoms with Crippen molar-refractivity contribution >= 4 is 23.6 Å². The molecule has 1 saturated heterocycles. The van der Waals surface area contributed by atoms with Crippen LogP contribution in [-0.4, -0.2) is 41.6 Å². The monoisotopic (exact) mass is 324 g/mol. The SMILES string of the molecule is CC(C)(CNC(=O)N1CCC(C(=O)O)C1)c1ccccc1Cl. The molecule has 0 bridgehead atoms. The summed E-state index contributed by atoms with van der Waals surface area (Å²) in [4.78, 5) is 24.7. The summed E-state index contributed by atoms with van der Waals surface area (Å²) in [5, 5.41) is 12.5. The number of hydrogen-bond donors (Lipinski definition) is 2. The van der Waals surface area contributed by atoms with Crippen molar-refractivity contribution in [3.63, 3.8) is 0 Å². The normalized spacial score (nSPS) is 18.3. The number of carbonyl (C=O) groups excluding carboxylic acids is 1. The van der Waals surface area contributed by atoms with Crippen molar-refractivity contribution in [3.8, 4) is 0 Å². The molecule has 1 aliphatic rings. The summed E-state index contributed by atoms with van der Waals surface area (Å²) in [6.07, 6.45) is 0.511. The first-order valence-electron chi connectivity index (χ1n) is 7.32. The van der Waals surface area contributed by atoms with E-state index in [0.29, 0.717) is 24.5 Å². The molecule has 0 aromatic heterocycles. The minimum absolute atomic E-state index is 0.219. The smallest absolute Gasteiger partial charge is 0.317 e. The average molecular weight is 325 g/mol. The number of likely N-dealkylation sites (tertiary alicyclic amines) is 1. The fraction of sp³-hybridized carbons (Fsp3) is 0.500. The van der Waals surface area contributed by atoms with Gasteiger partial charge in [0.05, 0.1) is 5.92 Å². The molecular formula is C16H21ClN2O3. The van der Waals surface area contributed by atoms with Crippen LogP contribution in [0.1, 0.15) is 25.8 Å². The highest BCUT2D eigenvalue weighted by molar-refractivity contribution is 6.31. The quantitative estimate of drug-likeness (QED) is 0.894. The lowest BCUT2D eigenvalue weighted by Gasteiger charge is -2.28. The van der Waals surface area contributed by atoms with Gasteiger partial charge in [-0.15, -0.1) is 0 Å². The highest BCUT2D eigenvalue weighted by atomic mass is 35.5. The molecule has 2 N–H and O–H groups in total. The first kappa shape index (κ1) is 16.6. The molecule has 22 heavy (non-hydrogen) atoms. The van der Waals surface area contributed by atoms with Gasteiger partial charge in [0.1, 0.15) is 0 Å². The van der Waals surface area contributed by atoms with E-state index < -0.39 is 11.9 Å². The Morgan fingerprint density at radius 2 is 2.09 bits per heavy atom. The third kappa shape index (κ3) is 3.71. The molecule has 2 amide bonds. The average Bonchev–Trinajstić information content (AvgIpc) is 2.95. The van der Waals surface area contributed by atoms with Gasteiger partial charge in [-0.1, -0.05) is 43.6 Å². The van der Waals surface area contributed by atoms with Crippen molar-refractivity contribution < 1.29 is 14.7 Å². The van der Waals surface area contributed by atoms with E-state index in [1.54, 1.807) is 4.90 Å². The number of urea groups is 1. The molecule has 2 rings (SSSR count). The Morgan fingerprint density at radius 1 is 1.41 bits per heavy atom. The molecule has 1 aromatic carbocycles. The zero-order valence-corrected chi connectivity index (χ0v) is 13.6. The number of carbonyl (C=O) groups is 2.